The summed E-state index contributed by atoms with van der Waals surface area (Å²) in [5.74, 6) is 0.334. The molecule has 3 nitrogen and oxygen atoms in total. The van der Waals surface area contributed by atoms with Gasteiger partial charge in [-0.1, -0.05) is 98.0 Å². The number of aromatic nitrogens is 2. The first-order chi connectivity index (χ1) is 23.4. The van der Waals surface area contributed by atoms with Gasteiger partial charge in [-0.05, 0) is 72.4 Å². The molecule has 50 heavy (non-hydrogen) atoms. The predicted octanol–water partition coefficient (Wildman–Crippen LogP) is 11.5. The van der Waals surface area contributed by atoms with E-state index in [1.807, 2.05) is 68.4 Å². The Bertz CT molecular complexity index is 2250. The first-order valence-electron chi connectivity index (χ1n) is 16.9. The molecule has 0 atom stereocenters. The normalized spacial score (nSPS) is 11.4. The number of aryl methyl sites for hydroxylation is 3. The number of pyridine rings is 2. The molecule has 0 amide bonds. The molecular formula is C44H43FIrN2OSi-2. The third-order valence-corrected chi connectivity index (χ3v) is 10.9. The summed E-state index contributed by atoms with van der Waals surface area (Å²) in [5, 5.41) is 3.54. The molecule has 6 heteroatoms. The second kappa shape index (κ2) is 15.3. The first kappa shape index (κ1) is 37.0. The Balaban J connectivity index is 0.000000204. The fraction of sp³-hybridized carbons (Fsp3) is 0.227. The second-order valence-electron chi connectivity index (χ2n) is 14.4. The van der Waals surface area contributed by atoms with Gasteiger partial charge in [0.25, 0.3) is 0 Å². The molecule has 257 valence electrons. The molecule has 0 fully saturated rings. The van der Waals surface area contributed by atoms with Crippen LogP contribution in [0.2, 0.25) is 19.6 Å². The Hall–Kier alpha value is -4.22. The van der Waals surface area contributed by atoms with Crippen LogP contribution in [0, 0.1) is 44.6 Å². The Morgan fingerprint density at radius 3 is 2.16 bits per heavy atom. The summed E-state index contributed by atoms with van der Waals surface area (Å²) in [5.41, 5.74) is 11.2. The molecule has 4 aromatic carbocycles. The third-order valence-electron chi connectivity index (χ3n) is 8.81. The van der Waals surface area contributed by atoms with E-state index in [4.69, 9.17) is 4.42 Å². The number of halogens is 1. The number of rotatable bonds is 6. The van der Waals surface area contributed by atoms with Crippen LogP contribution in [0.1, 0.15) is 36.1 Å². The van der Waals surface area contributed by atoms with Crippen LogP contribution in [0.25, 0.3) is 55.6 Å². The van der Waals surface area contributed by atoms with Crippen LogP contribution in [0.5, 0.6) is 0 Å². The molecule has 7 rings (SSSR count). The van der Waals surface area contributed by atoms with Gasteiger partial charge in [0, 0.05) is 37.3 Å². The van der Waals surface area contributed by atoms with Gasteiger partial charge in [0.1, 0.15) is 11.4 Å². The average Bonchev–Trinajstić information content (AvgIpc) is 3.44. The first-order valence-corrected chi connectivity index (χ1v) is 20.4. The van der Waals surface area contributed by atoms with Crippen molar-refractivity contribution in [3.8, 4) is 33.6 Å². The van der Waals surface area contributed by atoms with Crippen molar-refractivity contribution in [1.82, 2.24) is 9.97 Å². The van der Waals surface area contributed by atoms with Crippen LogP contribution in [0.4, 0.5) is 4.39 Å². The van der Waals surface area contributed by atoms with Crippen LogP contribution < -0.4 is 5.19 Å². The number of nitrogens with zero attached hydrogens (tertiary/aromatic N) is 2. The van der Waals surface area contributed by atoms with E-state index >= 15 is 0 Å². The Labute approximate surface area is 310 Å². The van der Waals surface area contributed by atoms with Gasteiger partial charge in [-0.15, -0.1) is 54.1 Å². The molecule has 0 spiro atoms. The Morgan fingerprint density at radius 1 is 0.780 bits per heavy atom. The number of fused-ring (bicyclic) bond motifs is 3. The maximum atomic E-state index is 14.8. The zero-order valence-electron chi connectivity index (χ0n) is 30.0. The van der Waals surface area contributed by atoms with Gasteiger partial charge in [-0.25, -0.2) is 4.39 Å². The van der Waals surface area contributed by atoms with Gasteiger partial charge in [0.15, 0.2) is 0 Å². The third kappa shape index (κ3) is 7.89. The molecular weight excluding hydrogens is 812 g/mol. The average molecular weight is 855 g/mol. The van der Waals surface area contributed by atoms with Crippen LogP contribution in [-0.2, 0) is 26.5 Å². The van der Waals surface area contributed by atoms with Crippen molar-refractivity contribution >= 4 is 35.2 Å². The van der Waals surface area contributed by atoms with Crippen molar-refractivity contribution in [3.05, 3.63) is 138 Å². The molecule has 0 aliphatic carbocycles. The smallest absolute Gasteiger partial charge is 0.147 e. The quantitative estimate of drug-likeness (QED) is 0.124. The van der Waals surface area contributed by atoms with Gasteiger partial charge in [0.2, 0.25) is 0 Å². The zero-order chi connectivity index (χ0) is 34.9. The molecule has 0 saturated carbocycles. The SMILES string of the molecule is CC(C)Cc1cc(-c2[c-]cccc2)ncc1[Si](C)(C)C.Cc1cc(C)c(-c2cc(-c3[c-]ccc4c3oc3ccccc34)ncc2F)c(C)c1.[Ir]. The Kier molecular flexibility index (Phi) is 11.4. The fourth-order valence-electron chi connectivity index (χ4n) is 6.73. The summed E-state index contributed by atoms with van der Waals surface area (Å²) in [7, 11) is -1.34. The molecule has 0 bridgehead atoms. The molecule has 7 aromatic rings. The topological polar surface area (TPSA) is 38.9 Å². The standard InChI is InChI=1S/C26H19FNO.C18H24NSi.Ir/c1-15-11-16(2)25(17(3)12-15)21-13-23(28-14-22(21)27)20-9-6-8-19-18-7-4-5-10-24(18)29-26(19)20;1-14(2)11-16-12-17(15-9-7-6-8-10-15)19-13-18(16)20(3,4)5;/h4-8,10-14H,1-3H3;6-9,12-14H,11H2,1-5H3;/q2*-1;. The Morgan fingerprint density at radius 2 is 1.48 bits per heavy atom. The summed E-state index contributed by atoms with van der Waals surface area (Å²) >= 11 is 0. The minimum Gasteiger partial charge on any atom is -0.501 e. The van der Waals surface area contributed by atoms with E-state index in [1.165, 1.54) is 22.5 Å². The minimum absolute atomic E-state index is 0. The zero-order valence-corrected chi connectivity index (χ0v) is 33.4. The van der Waals surface area contributed by atoms with Gasteiger partial charge in [0.05, 0.1) is 19.9 Å². The van der Waals surface area contributed by atoms with E-state index in [1.54, 1.807) is 6.07 Å². The molecule has 0 aliphatic rings. The maximum Gasteiger partial charge on any atom is 0.147 e. The largest absolute Gasteiger partial charge is 0.501 e. The van der Waals surface area contributed by atoms with Crippen molar-refractivity contribution in [3.63, 3.8) is 0 Å². The summed E-state index contributed by atoms with van der Waals surface area (Å²) in [6.45, 7) is 17.8. The maximum absolute atomic E-state index is 14.8. The van der Waals surface area contributed by atoms with Gasteiger partial charge in [-0.3, -0.25) is 0 Å². The molecule has 1 radical (unpaired) electrons. The van der Waals surface area contributed by atoms with Crippen molar-refractivity contribution in [2.45, 2.75) is 60.7 Å². The number of benzene rings is 4. The predicted molar refractivity (Wildman–Crippen MR) is 205 cm³/mol. The second-order valence-corrected chi connectivity index (χ2v) is 19.4. The van der Waals surface area contributed by atoms with E-state index in [2.05, 4.69) is 93.0 Å². The van der Waals surface area contributed by atoms with Crippen LogP contribution >= 0.6 is 0 Å². The van der Waals surface area contributed by atoms with E-state index in [0.717, 1.165) is 61.9 Å². The van der Waals surface area contributed by atoms with Crippen LogP contribution in [-0.4, -0.2) is 18.0 Å². The monoisotopic (exact) mass is 855 g/mol. The van der Waals surface area contributed by atoms with Crippen LogP contribution in [0.3, 0.4) is 0 Å². The van der Waals surface area contributed by atoms with E-state index in [9.17, 15) is 4.39 Å². The van der Waals surface area contributed by atoms with E-state index < -0.39 is 8.07 Å². The van der Waals surface area contributed by atoms with Crippen molar-refractivity contribution in [2.24, 2.45) is 5.92 Å². The van der Waals surface area contributed by atoms with Gasteiger partial charge < -0.3 is 14.4 Å². The molecule has 3 heterocycles. The summed E-state index contributed by atoms with van der Waals surface area (Å²) in [6, 6.07) is 34.6. The summed E-state index contributed by atoms with van der Waals surface area (Å²) < 4.78 is 20.9. The van der Waals surface area contributed by atoms with E-state index in [0.29, 0.717) is 17.2 Å². The fourth-order valence-corrected chi connectivity index (χ4v) is 8.32. The molecule has 0 N–H and O–H groups in total. The number of para-hydroxylation sites is 1. The van der Waals surface area contributed by atoms with Crippen molar-refractivity contribution in [1.29, 1.82) is 0 Å². The van der Waals surface area contributed by atoms with Crippen molar-refractivity contribution < 1.29 is 28.9 Å². The minimum atomic E-state index is -1.34. The van der Waals surface area contributed by atoms with Gasteiger partial charge in [-0.2, -0.15) is 0 Å². The van der Waals surface area contributed by atoms with Crippen molar-refractivity contribution in [2.75, 3.05) is 0 Å². The van der Waals surface area contributed by atoms with Gasteiger partial charge >= 0.3 is 0 Å². The molecule has 0 unspecified atom stereocenters. The molecule has 3 aromatic heterocycles. The number of furan rings is 1. The molecule has 0 aliphatic heterocycles. The number of hydrogen-bond donors (Lipinski definition) is 0. The summed E-state index contributed by atoms with van der Waals surface area (Å²) in [6.07, 6.45) is 4.53. The number of hydrogen-bond acceptors (Lipinski definition) is 3. The summed E-state index contributed by atoms with van der Waals surface area (Å²) in [4.78, 5) is 9.05. The van der Waals surface area contributed by atoms with E-state index in [-0.39, 0.29) is 25.9 Å². The molecule has 0 saturated heterocycles. The van der Waals surface area contributed by atoms with Crippen LogP contribution in [0.15, 0.2) is 102 Å².